The SMILES string of the molecule is CSCCC(NC(=O)C(CS)NC(=O)C(CCSC)NC(=O)C(N)CS)C(=O)O. The van der Waals surface area contributed by atoms with E-state index in [1.165, 1.54) is 23.5 Å². The number of hydrogen-bond donors (Lipinski definition) is 7. The number of carboxylic acids is 1. The zero-order valence-electron chi connectivity index (χ0n) is 16.4. The molecule has 0 aromatic heterocycles. The van der Waals surface area contributed by atoms with Crippen molar-refractivity contribution in [2.75, 3.05) is 35.5 Å². The van der Waals surface area contributed by atoms with Gasteiger partial charge in [0.2, 0.25) is 17.7 Å². The summed E-state index contributed by atoms with van der Waals surface area (Å²) in [6.45, 7) is 0. The second-order valence-electron chi connectivity index (χ2n) is 6.06. The van der Waals surface area contributed by atoms with Crippen molar-refractivity contribution in [1.29, 1.82) is 0 Å². The summed E-state index contributed by atoms with van der Waals surface area (Å²) in [6, 6.07) is -3.86. The standard InChI is InChI=1S/C16H30N4O5S4/c1-28-5-3-10(18-13(21)9(17)7-26)14(22)20-12(8-27)15(23)19-11(16(24)25)4-6-29-2/h9-12,26-27H,3-8,17H2,1-2H3,(H,18,21)(H,19,23)(H,20,22)(H,24,25). The lowest BCUT2D eigenvalue weighted by Gasteiger charge is -2.24. The Morgan fingerprint density at radius 2 is 1.28 bits per heavy atom. The van der Waals surface area contributed by atoms with Gasteiger partial charge in [0.1, 0.15) is 18.1 Å². The molecule has 4 unspecified atom stereocenters. The summed E-state index contributed by atoms with van der Waals surface area (Å²) in [7, 11) is 0. The number of amides is 3. The van der Waals surface area contributed by atoms with Crippen molar-refractivity contribution in [3.05, 3.63) is 0 Å². The fourth-order valence-corrected chi connectivity index (χ4v) is 3.46. The predicted molar refractivity (Wildman–Crippen MR) is 125 cm³/mol. The lowest BCUT2D eigenvalue weighted by atomic mass is 10.1. The molecular weight excluding hydrogens is 456 g/mol. The lowest BCUT2D eigenvalue weighted by Crippen LogP contribution is -2.58. The molecule has 0 rings (SSSR count). The molecule has 3 amide bonds. The molecule has 0 heterocycles. The summed E-state index contributed by atoms with van der Waals surface area (Å²) in [5.74, 6) is -1.64. The van der Waals surface area contributed by atoms with Gasteiger partial charge in [-0.25, -0.2) is 4.79 Å². The molecule has 0 saturated carbocycles. The van der Waals surface area contributed by atoms with Crippen LogP contribution in [0.5, 0.6) is 0 Å². The number of aliphatic carboxylic acids is 1. The third kappa shape index (κ3) is 11.3. The second-order valence-corrected chi connectivity index (χ2v) is 8.76. The molecule has 0 bridgehead atoms. The van der Waals surface area contributed by atoms with Crippen LogP contribution in [0.3, 0.4) is 0 Å². The first-order valence-corrected chi connectivity index (χ1v) is 12.9. The van der Waals surface area contributed by atoms with E-state index in [0.717, 1.165) is 0 Å². The van der Waals surface area contributed by atoms with E-state index in [9.17, 15) is 24.3 Å². The molecule has 0 aliphatic heterocycles. The Labute approximate surface area is 190 Å². The number of nitrogens with one attached hydrogen (secondary N) is 3. The maximum Gasteiger partial charge on any atom is 0.326 e. The van der Waals surface area contributed by atoms with E-state index in [2.05, 4.69) is 41.2 Å². The number of thiol groups is 2. The van der Waals surface area contributed by atoms with Gasteiger partial charge in [-0.1, -0.05) is 0 Å². The third-order valence-corrected chi connectivity index (χ3v) is 5.86. The minimum absolute atomic E-state index is 0.0359. The van der Waals surface area contributed by atoms with Gasteiger partial charge in [0.05, 0.1) is 6.04 Å². The van der Waals surface area contributed by atoms with Crippen LogP contribution in [-0.4, -0.2) is 88.5 Å². The van der Waals surface area contributed by atoms with Gasteiger partial charge in [-0.2, -0.15) is 48.8 Å². The van der Waals surface area contributed by atoms with Gasteiger partial charge in [-0.15, -0.1) is 0 Å². The Kier molecular flexibility index (Phi) is 15.6. The zero-order valence-corrected chi connectivity index (χ0v) is 19.8. The van der Waals surface area contributed by atoms with Crippen molar-refractivity contribution < 1.29 is 24.3 Å². The summed E-state index contributed by atoms with van der Waals surface area (Å²) in [5.41, 5.74) is 5.63. The fourth-order valence-electron chi connectivity index (χ4n) is 2.10. The van der Waals surface area contributed by atoms with E-state index >= 15 is 0 Å². The highest BCUT2D eigenvalue weighted by molar-refractivity contribution is 7.98. The fraction of sp³-hybridized carbons (Fsp3) is 0.750. The van der Waals surface area contributed by atoms with Gasteiger partial charge in [-0.3, -0.25) is 14.4 Å². The molecule has 6 N–H and O–H groups in total. The highest BCUT2D eigenvalue weighted by Crippen LogP contribution is 2.05. The summed E-state index contributed by atoms with van der Waals surface area (Å²) in [6.07, 6.45) is 4.29. The summed E-state index contributed by atoms with van der Waals surface area (Å²) in [5, 5.41) is 16.8. The van der Waals surface area contributed by atoms with Crippen LogP contribution in [0, 0.1) is 0 Å². The molecule has 0 saturated heterocycles. The highest BCUT2D eigenvalue weighted by atomic mass is 32.2. The molecule has 0 aromatic carbocycles. The van der Waals surface area contributed by atoms with Gasteiger partial charge in [0, 0.05) is 11.5 Å². The molecule has 0 aromatic rings. The van der Waals surface area contributed by atoms with Crippen LogP contribution >= 0.6 is 48.8 Å². The van der Waals surface area contributed by atoms with Gasteiger partial charge in [0.15, 0.2) is 0 Å². The molecule has 0 fully saturated rings. The van der Waals surface area contributed by atoms with Crippen LogP contribution in [0.4, 0.5) is 0 Å². The molecule has 0 spiro atoms. The highest BCUT2D eigenvalue weighted by Gasteiger charge is 2.29. The smallest absolute Gasteiger partial charge is 0.326 e. The number of rotatable bonds is 15. The third-order valence-electron chi connectivity index (χ3n) is 3.82. The normalized spacial score (nSPS) is 14.9. The maximum absolute atomic E-state index is 12.6. The Morgan fingerprint density at radius 1 is 0.828 bits per heavy atom. The van der Waals surface area contributed by atoms with Crippen molar-refractivity contribution in [2.45, 2.75) is 37.0 Å². The van der Waals surface area contributed by atoms with E-state index in [4.69, 9.17) is 5.73 Å². The first-order chi connectivity index (χ1) is 13.7. The Bertz CT molecular complexity index is 555. The van der Waals surface area contributed by atoms with Crippen LogP contribution in [0.1, 0.15) is 12.8 Å². The first kappa shape index (κ1) is 28.2. The number of thioether (sulfide) groups is 2. The lowest BCUT2D eigenvalue weighted by molar-refractivity contribution is -0.142. The number of carboxylic acid groups (broad SMARTS) is 1. The molecule has 0 radical (unpaired) electrons. The summed E-state index contributed by atoms with van der Waals surface area (Å²) < 4.78 is 0. The zero-order chi connectivity index (χ0) is 22.4. The quantitative estimate of drug-likeness (QED) is 0.149. The minimum Gasteiger partial charge on any atom is -0.480 e. The van der Waals surface area contributed by atoms with Gasteiger partial charge >= 0.3 is 5.97 Å². The van der Waals surface area contributed by atoms with Crippen molar-refractivity contribution in [2.24, 2.45) is 5.73 Å². The molecule has 4 atom stereocenters. The van der Waals surface area contributed by atoms with Crippen molar-refractivity contribution in [1.82, 2.24) is 16.0 Å². The van der Waals surface area contributed by atoms with Crippen molar-refractivity contribution >= 4 is 72.5 Å². The minimum atomic E-state index is -1.15. The Hall–Kier alpha value is -0.760. The average molecular weight is 487 g/mol. The summed E-state index contributed by atoms with van der Waals surface area (Å²) in [4.78, 5) is 48.4. The molecule has 9 nitrogen and oxygen atoms in total. The van der Waals surface area contributed by atoms with E-state index < -0.39 is 47.9 Å². The topological polar surface area (TPSA) is 151 Å². The summed E-state index contributed by atoms with van der Waals surface area (Å²) >= 11 is 11.0. The van der Waals surface area contributed by atoms with E-state index in [0.29, 0.717) is 17.9 Å². The largest absolute Gasteiger partial charge is 0.480 e. The molecular formula is C16H30N4O5S4. The van der Waals surface area contributed by atoms with Crippen molar-refractivity contribution in [3.8, 4) is 0 Å². The number of nitrogens with two attached hydrogens (primary N) is 1. The molecule has 0 aliphatic rings. The first-order valence-electron chi connectivity index (χ1n) is 8.80. The van der Waals surface area contributed by atoms with Gasteiger partial charge in [0.25, 0.3) is 0 Å². The Morgan fingerprint density at radius 3 is 1.72 bits per heavy atom. The molecule has 0 aliphatic carbocycles. The van der Waals surface area contributed by atoms with Crippen LogP contribution in [-0.2, 0) is 19.2 Å². The van der Waals surface area contributed by atoms with Crippen LogP contribution in [0.25, 0.3) is 0 Å². The molecule has 29 heavy (non-hydrogen) atoms. The maximum atomic E-state index is 12.6. The van der Waals surface area contributed by atoms with E-state index in [1.807, 2.05) is 12.5 Å². The average Bonchev–Trinajstić information content (AvgIpc) is 2.70. The van der Waals surface area contributed by atoms with E-state index in [1.54, 1.807) is 0 Å². The Balaban J connectivity index is 5.08. The van der Waals surface area contributed by atoms with Crippen LogP contribution in [0.15, 0.2) is 0 Å². The van der Waals surface area contributed by atoms with Crippen LogP contribution in [0.2, 0.25) is 0 Å². The predicted octanol–water partition coefficient (Wildman–Crippen LogP) is -0.781. The monoisotopic (exact) mass is 486 g/mol. The van der Waals surface area contributed by atoms with Gasteiger partial charge in [-0.05, 0) is 36.9 Å². The molecule has 13 heteroatoms. The molecule has 168 valence electrons. The number of carbonyl (C=O) groups is 4. The van der Waals surface area contributed by atoms with Crippen LogP contribution < -0.4 is 21.7 Å². The van der Waals surface area contributed by atoms with Crippen molar-refractivity contribution in [3.63, 3.8) is 0 Å². The second kappa shape index (κ2) is 16.0. The number of carbonyl (C=O) groups excluding carboxylic acids is 3. The number of hydrogen-bond acceptors (Lipinski definition) is 9. The van der Waals surface area contributed by atoms with Gasteiger partial charge < -0.3 is 26.8 Å². The van der Waals surface area contributed by atoms with E-state index in [-0.39, 0.29) is 17.9 Å².